The van der Waals surface area contributed by atoms with Crippen molar-refractivity contribution in [2.24, 2.45) is 23.2 Å². The Kier molecular flexibility index (Phi) is 4.45. The standard InChI is InChI=1S/C21H30N4O3/c1-28-5-4-22-19(26)18-13-24(12-17-2-3-23-25(17)18)20(27)21-9-14-6-15(10-21)8-16(7-14)11-21/h2-3,14-16,18H,4-13H2,1H3,(H,22,26)/t14?,15?,16?,18-,21?/m0/s1. The zero-order valence-electron chi connectivity index (χ0n) is 16.6. The second-order valence-electron chi connectivity index (χ2n) is 9.45. The molecular formula is C21H30N4O3. The fourth-order valence-corrected chi connectivity index (χ4v) is 6.74. The van der Waals surface area contributed by atoms with E-state index in [1.807, 2.05) is 11.0 Å². The second kappa shape index (κ2) is 6.87. The summed E-state index contributed by atoms with van der Waals surface area (Å²) in [5.74, 6) is 2.40. The van der Waals surface area contributed by atoms with E-state index < -0.39 is 6.04 Å². The van der Waals surface area contributed by atoms with Gasteiger partial charge in [-0.25, -0.2) is 0 Å². The number of nitrogens with one attached hydrogen (secondary N) is 1. The van der Waals surface area contributed by atoms with E-state index in [1.54, 1.807) is 18.0 Å². The number of carbonyl (C=O) groups is 2. The van der Waals surface area contributed by atoms with Crippen LogP contribution in [0.1, 0.15) is 50.3 Å². The van der Waals surface area contributed by atoms with Gasteiger partial charge in [0.25, 0.3) is 0 Å². The van der Waals surface area contributed by atoms with E-state index in [2.05, 4.69) is 10.4 Å². The zero-order valence-corrected chi connectivity index (χ0v) is 16.6. The summed E-state index contributed by atoms with van der Waals surface area (Å²) in [6, 6.07) is 1.46. The fraction of sp³-hybridized carbons (Fsp3) is 0.762. The fourth-order valence-electron chi connectivity index (χ4n) is 6.74. The molecule has 28 heavy (non-hydrogen) atoms. The molecule has 5 aliphatic rings. The summed E-state index contributed by atoms with van der Waals surface area (Å²) in [6.45, 7) is 1.90. The van der Waals surface area contributed by atoms with Gasteiger partial charge in [-0.15, -0.1) is 0 Å². The minimum atomic E-state index is -0.464. The van der Waals surface area contributed by atoms with Crippen molar-refractivity contribution in [1.82, 2.24) is 20.0 Å². The normalized spacial score (nSPS) is 35.7. The van der Waals surface area contributed by atoms with Gasteiger partial charge in [0.2, 0.25) is 11.8 Å². The Morgan fingerprint density at radius 2 is 1.89 bits per heavy atom. The molecule has 1 N–H and O–H groups in total. The smallest absolute Gasteiger partial charge is 0.246 e. The Labute approximate surface area is 165 Å². The molecule has 4 bridgehead atoms. The maximum atomic E-state index is 13.8. The van der Waals surface area contributed by atoms with E-state index in [1.165, 1.54) is 19.3 Å². The van der Waals surface area contributed by atoms with Gasteiger partial charge in [0.05, 0.1) is 30.8 Å². The molecule has 4 fully saturated rings. The van der Waals surface area contributed by atoms with Crippen molar-refractivity contribution < 1.29 is 14.3 Å². The number of ether oxygens (including phenoxy) is 1. The summed E-state index contributed by atoms with van der Waals surface area (Å²) in [5.41, 5.74) is 0.768. The molecule has 7 heteroatoms. The van der Waals surface area contributed by atoms with Crippen LogP contribution in [0.15, 0.2) is 12.3 Å². The van der Waals surface area contributed by atoms with Crippen LogP contribution in [-0.4, -0.2) is 53.3 Å². The SMILES string of the molecule is COCCNC(=O)[C@@H]1CN(C(=O)C23CC4CC(CC(C4)C2)C3)Cc2ccnn21. The first-order chi connectivity index (χ1) is 13.6. The van der Waals surface area contributed by atoms with E-state index in [0.717, 1.165) is 42.7 Å². The Bertz CT molecular complexity index is 738. The largest absolute Gasteiger partial charge is 0.383 e. The molecule has 1 atom stereocenters. The topological polar surface area (TPSA) is 76.5 Å². The van der Waals surface area contributed by atoms with E-state index in [-0.39, 0.29) is 17.2 Å². The van der Waals surface area contributed by atoms with Crippen molar-refractivity contribution in [3.8, 4) is 0 Å². The Balaban J connectivity index is 1.36. The summed E-state index contributed by atoms with van der Waals surface area (Å²) in [6.07, 6.45) is 8.86. The lowest BCUT2D eigenvalue weighted by Crippen LogP contribution is -2.57. The number of aromatic nitrogens is 2. The van der Waals surface area contributed by atoms with Crippen LogP contribution >= 0.6 is 0 Å². The molecule has 0 radical (unpaired) electrons. The van der Waals surface area contributed by atoms with Crippen LogP contribution in [-0.2, 0) is 20.9 Å². The summed E-state index contributed by atoms with van der Waals surface area (Å²) in [5, 5.41) is 7.28. The van der Waals surface area contributed by atoms with Crippen LogP contribution < -0.4 is 5.32 Å². The highest BCUT2D eigenvalue weighted by molar-refractivity contribution is 5.86. The molecular weight excluding hydrogens is 356 g/mol. The number of methoxy groups -OCH3 is 1. The van der Waals surface area contributed by atoms with Gasteiger partial charge in [-0.3, -0.25) is 14.3 Å². The van der Waals surface area contributed by atoms with Gasteiger partial charge in [0, 0.05) is 19.9 Å². The van der Waals surface area contributed by atoms with Gasteiger partial charge < -0.3 is 15.0 Å². The van der Waals surface area contributed by atoms with Crippen molar-refractivity contribution in [2.45, 2.75) is 51.1 Å². The molecule has 0 spiro atoms. The summed E-state index contributed by atoms with van der Waals surface area (Å²) in [4.78, 5) is 28.5. The minimum absolute atomic E-state index is 0.0926. The number of nitrogens with zero attached hydrogens (tertiary/aromatic N) is 3. The molecule has 0 unspecified atom stereocenters. The third kappa shape index (κ3) is 2.95. The predicted octanol–water partition coefficient (Wildman–Crippen LogP) is 1.75. The summed E-state index contributed by atoms with van der Waals surface area (Å²) >= 11 is 0. The van der Waals surface area contributed by atoms with E-state index in [9.17, 15) is 9.59 Å². The van der Waals surface area contributed by atoms with Crippen LogP contribution in [0.3, 0.4) is 0 Å². The molecule has 152 valence electrons. The first-order valence-electron chi connectivity index (χ1n) is 10.7. The predicted molar refractivity (Wildman–Crippen MR) is 102 cm³/mol. The second-order valence-corrected chi connectivity index (χ2v) is 9.45. The Morgan fingerprint density at radius 1 is 1.21 bits per heavy atom. The van der Waals surface area contributed by atoms with Crippen LogP contribution in [0, 0.1) is 23.2 Å². The number of fused-ring (bicyclic) bond motifs is 1. The zero-order chi connectivity index (χ0) is 19.3. The Hall–Kier alpha value is -1.89. The number of amides is 2. The van der Waals surface area contributed by atoms with Crippen LogP contribution in [0.25, 0.3) is 0 Å². The van der Waals surface area contributed by atoms with E-state index in [0.29, 0.717) is 26.2 Å². The minimum Gasteiger partial charge on any atom is -0.383 e. The summed E-state index contributed by atoms with van der Waals surface area (Å²) in [7, 11) is 1.62. The molecule has 6 rings (SSSR count). The van der Waals surface area contributed by atoms with Gasteiger partial charge >= 0.3 is 0 Å². The van der Waals surface area contributed by atoms with Crippen molar-refractivity contribution in [1.29, 1.82) is 0 Å². The number of rotatable bonds is 5. The average molecular weight is 386 g/mol. The molecule has 2 heterocycles. The highest BCUT2D eigenvalue weighted by Crippen LogP contribution is 2.60. The molecule has 4 aliphatic carbocycles. The molecule has 7 nitrogen and oxygen atoms in total. The van der Waals surface area contributed by atoms with Crippen molar-refractivity contribution >= 4 is 11.8 Å². The lowest BCUT2D eigenvalue weighted by molar-refractivity contribution is -0.160. The van der Waals surface area contributed by atoms with Gasteiger partial charge in [0.1, 0.15) is 6.04 Å². The van der Waals surface area contributed by atoms with Crippen molar-refractivity contribution in [3.05, 3.63) is 18.0 Å². The quantitative estimate of drug-likeness (QED) is 0.782. The van der Waals surface area contributed by atoms with Crippen LogP contribution in [0.5, 0.6) is 0 Å². The first kappa shape index (κ1) is 18.2. The molecule has 1 aromatic rings. The third-order valence-electron chi connectivity index (χ3n) is 7.48. The maximum Gasteiger partial charge on any atom is 0.246 e. The van der Waals surface area contributed by atoms with Crippen molar-refractivity contribution in [2.75, 3.05) is 26.8 Å². The maximum absolute atomic E-state index is 13.8. The molecule has 0 aromatic carbocycles. The first-order valence-corrected chi connectivity index (χ1v) is 10.7. The van der Waals surface area contributed by atoms with Gasteiger partial charge in [-0.05, 0) is 62.3 Å². The molecule has 1 aliphatic heterocycles. The van der Waals surface area contributed by atoms with Gasteiger partial charge in [-0.2, -0.15) is 5.10 Å². The van der Waals surface area contributed by atoms with Gasteiger partial charge in [-0.1, -0.05) is 0 Å². The summed E-state index contributed by atoms with van der Waals surface area (Å²) < 4.78 is 6.81. The van der Waals surface area contributed by atoms with Crippen LogP contribution in [0.4, 0.5) is 0 Å². The number of hydrogen-bond donors (Lipinski definition) is 1. The molecule has 1 aromatic heterocycles. The lowest BCUT2D eigenvalue weighted by atomic mass is 9.49. The van der Waals surface area contributed by atoms with E-state index in [4.69, 9.17) is 4.74 Å². The highest BCUT2D eigenvalue weighted by atomic mass is 16.5. The third-order valence-corrected chi connectivity index (χ3v) is 7.48. The molecule has 2 amide bonds. The molecule has 0 saturated heterocycles. The number of carbonyl (C=O) groups excluding carboxylic acids is 2. The lowest BCUT2D eigenvalue weighted by Gasteiger charge is -2.57. The average Bonchev–Trinajstić information content (AvgIpc) is 3.14. The monoisotopic (exact) mass is 386 g/mol. The van der Waals surface area contributed by atoms with E-state index >= 15 is 0 Å². The molecule has 4 saturated carbocycles. The van der Waals surface area contributed by atoms with Crippen LogP contribution in [0.2, 0.25) is 0 Å². The number of hydrogen-bond acceptors (Lipinski definition) is 4. The highest BCUT2D eigenvalue weighted by Gasteiger charge is 2.56. The van der Waals surface area contributed by atoms with Gasteiger partial charge in [0.15, 0.2) is 0 Å². The van der Waals surface area contributed by atoms with Crippen molar-refractivity contribution in [3.63, 3.8) is 0 Å². The Morgan fingerprint density at radius 3 is 2.54 bits per heavy atom.